The van der Waals surface area contributed by atoms with Crippen LogP contribution in [0.4, 0.5) is 5.69 Å². The minimum absolute atomic E-state index is 0.0562. The summed E-state index contributed by atoms with van der Waals surface area (Å²) in [5, 5.41) is 2.07. The van der Waals surface area contributed by atoms with Crippen LogP contribution in [0.25, 0.3) is 10.8 Å². The number of hydrogen-bond acceptors (Lipinski definition) is 5. The van der Waals surface area contributed by atoms with Gasteiger partial charge in [0.1, 0.15) is 5.75 Å². The number of methoxy groups -OCH3 is 1. The van der Waals surface area contributed by atoms with Gasteiger partial charge in [-0.15, -0.1) is 0 Å². The molecule has 1 atom stereocenters. The summed E-state index contributed by atoms with van der Waals surface area (Å²) >= 11 is 0. The minimum Gasteiger partial charge on any atom is -0.497 e. The van der Waals surface area contributed by atoms with Crippen LogP contribution < -0.4 is 20.3 Å². The zero-order valence-electron chi connectivity index (χ0n) is 17.4. The molecule has 7 nitrogen and oxygen atoms in total. The highest BCUT2D eigenvalue weighted by atomic mass is 32.2. The minimum atomic E-state index is -3.49. The molecule has 0 radical (unpaired) electrons. The number of carbonyl (C=O) groups excluding carboxylic acids is 1. The zero-order chi connectivity index (χ0) is 22.0. The standard InChI is InChI=1S/C23H25N3O4S/c1-15(16-3-4-18-14-21(30-2)10-5-17(18)13-16)23(27)25-24-19-8-11-22(12-9-19)31(28,29)26-20-6-7-20/h3-5,8-15,20,24,26H,6-7H2,1-2H3,(H,25,27)/t15-/m0/s1. The second-order valence-electron chi connectivity index (χ2n) is 7.73. The van der Waals surface area contributed by atoms with Crippen molar-refractivity contribution < 1.29 is 17.9 Å². The fourth-order valence-electron chi connectivity index (χ4n) is 3.24. The van der Waals surface area contributed by atoms with Gasteiger partial charge in [0, 0.05) is 6.04 Å². The number of benzene rings is 3. The van der Waals surface area contributed by atoms with Crippen molar-refractivity contribution >= 4 is 32.4 Å². The first-order valence-electron chi connectivity index (χ1n) is 10.1. The summed E-state index contributed by atoms with van der Waals surface area (Å²) in [5.41, 5.74) is 7.02. The molecule has 0 aliphatic heterocycles. The molecule has 0 unspecified atom stereocenters. The Morgan fingerprint density at radius 3 is 2.35 bits per heavy atom. The predicted octanol–water partition coefficient (Wildman–Crippen LogP) is 3.54. The number of rotatable bonds is 8. The summed E-state index contributed by atoms with van der Waals surface area (Å²) in [6, 6.07) is 18.0. The Morgan fingerprint density at radius 2 is 1.68 bits per heavy atom. The Bertz CT molecular complexity index is 1210. The van der Waals surface area contributed by atoms with Gasteiger partial charge in [-0.3, -0.25) is 15.6 Å². The van der Waals surface area contributed by atoms with Crippen LogP contribution in [-0.2, 0) is 14.8 Å². The third kappa shape index (κ3) is 4.98. The van der Waals surface area contributed by atoms with Crippen LogP contribution in [0.1, 0.15) is 31.2 Å². The molecule has 0 aromatic heterocycles. The maximum Gasteiger partial charge on any atom is 0.245 e. The van der Waals surface area contributed by atoms with Gasteiger partial charge in [-0.25, -0.2) is 13.1 Å². The van der Waals surface area contributed by atoms with E-state index in [0.29, 0.717) is 5.69 Å². The quantitative estimate of drug-likeness (QED) is 0.467. The summed E-state index contributed by atoms with van der Waals surface area (Å²) in [4.78, 5) is 12.8. The molecule has 1 saturated carbocycles. The fraction of sp³-hybridized carbons (Fsp3) is 0.261. The third-order valence-electron chi connectivity index (χ3n) is 5.36. The van der Waals surface area contributed by atoms with Gasteiger partial charge in [0.15, 0.2) is 0 Å². The first kappa shape index (κ1) is 21.1. The van der Waals surface area contributed by atoms with Crippen LogP contribution >= 0.6 is 0 Å². The number of hydrogen-bond donors (Lipinski definition) is 3. The molecule has 3 aromatic rings. The Kier molecular flexibility index (Phi) is 5.84. The fourth-order valence-corrected chi connectivity index (χ4v) is 4.54. The molecule has 3 aromatic carbocycles. The second-order valence-corrected chi connectivity index (χ2v) is 9.44. The molecule has 0 heterocycles. The van der Waals surface area contributed by atoms with E-state index >= 15 is 0 Å². The van der Waals surface area contributed by atoms with E-state index in [1.165, 1.54) is 12.1 Å². The summed E-state index contributed by atoms with van der Waals surface area (Å²) in [6.45, 7) is 1.83. The topological polar surface area (TPSA) is 96.5 Å². The van der Waals surface area contributed by atoms with Crippen molar-refractivity contribution in [2.24, 2.45) is 0 Å². The molecule has 1 aliphatic rings. The van der Waals surface area contributed by atoms with Gasteiger partial charge in [0.2, 0.25) is 15.9 Å². The van der Waals surface area contributed by atoms with Gasteiger partial charge >= 0.3 is 0 Å². The maximum absolute atomic E-state index is 12.6. The van der Waals surface area contributed by atoms with Crippen molar-refractivity contribution in [2.45, 2.75) is 36.6 Å². The summed E-state index contributed by atoms with van der Waals surface area (Å²) in [6.07, 6.45) is 1.77. The molecule has 162 valence electrons. The van der Waals surface area contributed by atoms with Gasteiger partial charge < -0.3 is 4.74 Å². The van der Waals surface area contributed by atoms with Gasteiger partial charge in [-0.2, -0.15) is 0 Å². The summed E-state index contributed by atoms with van der Waals surface area (Å²) in [5.74, 6) is 0.221. The summed E-state index contributed by atoms with van der Waals surface area (Å²) < 4.78 is 32.3. The van der Waals surface area contributed by atoms with Crippen LogP contribution in [0, 0.1) is 0 Å². The number of hydrazine groups is 1. The normalized spacial score (nSPS) is 14.8. The second kappa shape index (κ2) is 8.56. The number of fused-ring (bicyclic) bond motifs is 1. The van der Waals surface area contributed by atoms with Crippen LogP contribution in [0.2, 0.25) is 0 Å². The van der Waals surface area contributed by atoms with Crippen molar-refractivity contribution in [1.82, 2.24) is 10.1 Å². The lowest BCUT2D eigenvalue weighted by Crippen LogP contribution is -2.33. The lowest BCUT2D eigenvalue weighted by atomic mass is 9.97. The van der Waals surface area contributed by atoms with Crippen molar-refractivity contribution in [1.29, 1.82) is 0 Å². The first-order chi connectivity index (χ1) is 14.9. The molecule has 8 heteroatoms. The smallest absolute Gasteiger partial charge is 0.245 e. The highest BCUT2D eigenvalue weighted by Crippen LogP contribution is 2.26. The summed E-state index contributed by atoms with van der Waals surface area (Å²) in [7, 11) is -1.86. The number of amides is 1. The zero-order valence-corrected chi connectivity index (χ0v) is 18.2. The largest absolute Gasteiger partial charge is 0.497 e. The van der Waals surface area contributed by atoms with Crippen molar-refractivity contribution in [3.63, 3.8) is 0 Å². The molecule has 1 aliphatic carbocycles. The van der Waals surface area contributed by atoms with E-state index in [4.69, 9.17) is 4.74 Å². The van der Waals surface area contributed by atoms with Gasteiger partial charge in [-0.1, -0.05) is 24.3 Å². The Morgan fingerprint density at radius 1 is 1.00 bits per heavy atom. The average Bonchev–Trinajstić information content (AvgIpc) is 3.59. The van der Waals surface area contributed by atoms with Crippen molar-refractivity contribution in [2.75, 3.05) is 12.5 Å². The molecule has 4 rings (SSSR count). The number of nitrogens with one attached hydrogen (secondary N) is 3. The third-order valence-corrected chi connectivity index (χ3v) is 6.89. The van der Waals surface area contributed by atoms with E-state index in [9.17, 15) is 13.2 Å². The lowest BCUT2D eigenvalue weighted by molar-refractivity contribution is -0.121. The number of carbonyl (C=O) groups is 1. The first-order valence-corrected chi connectivity index (χ1v) is 11.6. The molecule has 3 N–H and O–H groups in total. The van der Waals surface area contributed by atoms with Gasteiger partial charge in [0.25, 0.3) is 0 Å². The molecular formula is C23H25N3O4S. The van der Waals surface area contributed by atoms with Crippen LogP contribution in [0.3, 0.4) is 0 Å². The lowest BCUT2D eigenvalue weighted by Gasteiger charge is -2.15. The molecule has 31 heavy (non-hydrogen) atoms. The van der Waals surface area contributed by atoms with E-state index in [2.05, 4.69) is 15.6 Å². The van der Waals surface area contributed by atoms with Crippen molar-refractivity contribution in [3.05, 3.63) is 66.2 Å². The van der Waals surface area contributed by atoms with Crippen LogP contribution in [-0.4, -0.2) is 27.5 Å². The monoisotopic (exact) mass is 439 g/mol. The molecule has 0 saturated heterocycles. The van der Waals surface area contributed by atoms with Crippen molar-refractivity contribution in [3.8, 4) is 5.75 Å². The Labute approximate surface area is 181 Å². The molecule has 1 amide bonds. The maximum atomic E-state index is 12.6. The highest BCUT2D eigenvalue weighted by molar-refractivity contribution is 7.89. The Balaban J connectivity index is 1.38. The SMILES string of the molecule is COc1ccc2cc([C@H](C)C(=O)NNc3ccc(S(=O)(=O)NC4CC4)cc3)ccc2c1. The number of sulfonamides is 1. The molecule has 0 spiro atoms. The predicted molar refractivity (Wildman–Crippen MR) is 120 cm³/mol. The molecule has 1 fully saturated rings. The van der Waals surface area contributed by atoms with E-state index in [1.54, 1.807) is 19.2 Å². The van der Waals surface area contributed by atoms with Crippen LogP contribution in [0.5, 0.6) is 5.75 Å². The molecule has 0 bridgehead atoms. The number of anilines is 1. The van der Waals surface area contributed by atoms with E-state index in [1.807, 2.05) is 43.3 Å². The van der Waals surface area contributed by atoms with Gasteiger partial charge in [-0.05, 0) is 72.5 Å². The molecular weight excluding hydrogens is 414 g/mol. The van der Waals surface area contributed by atoms with Crippen LogP contribution in [0.15, 0.2) is 65.6 Å². The van der Waals surface area contributed by atoms with E-state index in [-0.39, 0.29) is 22.8 Å². The van der Waals surface area contributed by atoms with Gasteiger partial charge in [0.05, 0.1) is 23.6 Å². The highest BCUT2D eigenvalue weighted by Gasteiger charge is 2.27. The van der Waals surface area contributed by atoms with E-state index in [0.717, 1.165) is 34.9 Å². The Hall–Kier alpha value is -3.10. The van der Waals surface area contributed by atoms with E-state index < -0.39 is 10.0 Å². The number of ether oxygens (including phenoxy) is 1. The average molecular weight is 440 g/mol.